The third-order valence-electron chi connectivity index (χ3n) is 4.45. The van der Waals surface area contributed by atoms with Crippen LogP contribution < -0.4 is 9.64 Å². The van der Waals surface area contributed by atoms with E-state index in [1.54, 1.807) is 12.1 Å². The highest BCUT2D eigenvalue weighted by Crippen LogP contribution is 2.30. The third-order valence-corrected chi connectivity index (χ3v) is 5.45. The van der Waals surface area contributed by atoms with Crippen molar-refractivity contribution in [2.45, 2.75) is 17.3 Å². The van der Waals surface area contributed by atoms with E-state index in [9.17, 15) is 13.2 Å². The number of alkyl halides is 3. The maximum atomic E-state index is 12.3. The molecule has 158 valence electrons. The summed E-state index contributed by atoms with van der Waals surface area (Å²) in [6, 6.07) is 15.7. The number of para-hydroxylation sites is 1. The van der Waals surface area contributed by atoms with Crippen molar-refractivity contribution in [2.75, 3.05) is 31.2 Å². The van der Waals surface area contributed by atoms with Gasteiger partial charge in [-0.2, -0.15) is 0 Å². The van der Waals surface area contributed by atoms with Crippen LogP contribution in [0.25, 0.3) is 5.69 Å². The lowest BCUT2D eigenvalue weighted by molar-refractivity contribution is -0.274. The summed E-state index contributed by atoms with van der Waals surface area (Å²) < 4.78 is 48.3. The van der Waals surface area contributed by atoms with Crippen LogP contribution in [0.5, 0.6) is 5.75 Å². The van der Waals surface area contributed by atoms with Gasteiger partial charge in [0, 0.05) is 18.8 Å². The Hall–Kier alpha value is -2.72. The number of nitrogens with zero attached hydrogens (tertiary/aromatic N) is 4. The Bertz CT molecular complexity index is 958. The lowest BCUT2D eigenvalue weighted by Gasteiger charge is -2.27. The van der Waals surface area contributed by atoms with Crippen LogP contribution in [0.15, 0.2) is 59.8 Å². The van der Waals surface area contributed by atoms with Crippen LogP contribution in [0.1, 0.15) is 5.56 Å². The second-order valence-electron chi connectivity index (χ2n) is 6.53. The molecule has 0 unspecified atom stereocenters. The summed E-state index contributed by atoms with van der Waals surface area (Å²) in [7, 11) is 0. The lowest BCUT2D eigenvalue weighted by atomic mass is 10.2. The molecule has 0 N–H and O–H groups in total. The molecule has 3 aromatic rings. The molecule has 2 heterocycles. The molecule has 0 spiro atoms. The van der Waals surface area contributed by atoms with Gasteiger partial charge in [0.15, 0.2) is 5.16 Å². The zero-order chi connectivity index (χ0) is 21.0. The topological polar surface area (TPSA) is 52.4 Å². The van der Waals surface area contributed by atoms with Gasteiger partial charge in [-0.3, -0.25) is 4.57 Å². The SMILES string of the molecule is FC(F)(F)Oc1ccc(CSc2nnc(N3CCOCC3)n2-c2ccccc2)cc1. The predicted molar refractivity (Wildman–Crippen MR) is 107 cm³/mol. The van der Waals surface area contributed by atoms with Crippen LogP contribution in [0.2, 0.25) is 0 Å². The van der Waals surface area contributed by atoms with Gasteiger partial charge in [0.25, 0.3) is 0 Å². The molecule has 1 aliphatic heterocycles. The molecular formula is C20H19F3N4O2S. The summed E-state index contributed by atoms with van der Waals surface area (Å²) in [4.78, 5) is 2.14. The Morgan fingerprint density at radius 2 is 1.67 bits per heavy atom. The molecule has 30 heavy (non-hydrogen) atoms. The fraction of sp³-hybridized carbons (Fsp3) is 0.300. The highest BCUT2D eigenvalue weighted by atomic mass is 32.2. The number of morpholine rings is 1. The molecule has 1 aliphatic rings. The van der Waals surface area contributed by atoms with Gasteiger partial charge in [-0.25, -0.2) is 0 Å². The van der Waals surface area contributed by atoms with E-state index in [-0.39, 0.29) is 5.75 Å². The first-order valence-electron chi connectivity index (χ1n) is 9.31. The maximum Gasteiger partial charge on any atom is 0.573 e. The number of benzene rings is 2. The fourth-order valence-corrected chi connectivity index (χ4v) is 3.97. The lowest BCUT2D eigenvalue weighted by Crippen LogP contribution is -2.37. The highest BCUT2D eigenvalue weighted by molar-refractivity contribution is 7.98. The number of hydrogen-bond acceptors (Lipinski definition) is 6. The molecule has 1 aromatic heterocycles. The van der Waals surface area contributed by atoms with Crippen LogP contribution in [-0.4, -0.2) is 47.4 Å². The van der Waals surface area contributed by atoms with Crippen molar-refractivity contribution in [3.8, 4) is 11.4 Å². The van der Waals surface area contributed by atoms with Crippen LogP contribution in [0, 0.1) is 0 Å². The number of anilines is 1. The summed E-state index contributed by atoms with van der Waals surface area (Å²) in [5, 5.41) is 9.48. The zero-order valence-corrected chi connectivity index (χ0v) is 16.7. The van der Waals surface area contributed by atoms with E-state index in [2.05, 4.69) is 19.8 Å². The quantitative estimate of drug-likeness (QED) is 0.538. The largest absolute Gasteiger partial charge is 0.573 e. The molecule has 0 amide bonds. The minimum atomic E-state index is -4.70. The number of aromatic nitrogens is 3. The van der Waals surface area contributed by atoms with Crippen LogP contribution in [0.4, 0.5) is 19.1 Å². The average Bonchev–Trinajstić information content (AvgIpc) is 3.17. The molecule has 0 atom stereocenters. The van der Waals surface area contributed by atoms with Gasteiger partial charge in [-0.05, 0) is 29.8 Å². The summed E-state index contributed by atoms with van der Waals surface area (Å²) in [5.41, 5.74) is 1.80. The van der Waals surface area contributed by atoms with Gasteiger partial charge in [0.2, 0.25) is 5.95 Å². The molecule has 2 aromatic carbocycles. The Balaban J connectivity index is 1.53. The number of thioether (sulfide) groups is 1. The van der Waals surface area contributed by atoms with Crippen LogP contribution in [-0.2, 0) is 10.5 Å². The smallest absolute Gasteiger partial charge is 0.406 e. The monoisotopic (exact) mass is 436 g/mol. The standard InChI is InChI=1S/C20H19F3N4O2S/c21-20(22,23)29-17-8-6-15(7-9-17)14-30-19-25-24-18(26-10-12-28-13-11-26)27(19)16-4-2-1-3-5-16/h1-9H,10-14H2. The zero-order valence-electron chi connectivity index (χ0n) is 15.9. The third kappa shape index (κ3) is 5.06. The molecule has 0 radical (unpaired) electrons. The molecule has 4 rings (SSSR count). The first-order valence-corrected chi connectivity index (χ1v) is 10.3. The van der Waals surface area contributed by atoms with Crippen molar-refractivity contribution < 1.29 is 22.6 Å². The predicted octanol–water partition coefficient (Wildman–Crippen LogP) is 4.29. The summed E-state index contributed by atoms with van der Waals surface area (Å²) >= 11 is 1.47. The van der Waals surface area contributed by atoms with Gasteiger partial charge in [-0.1, -0.05) is 42.1 Å². The average molecular weight is 436 g/mol. The second-order valence-corrected chi connectivity index (χ2v) is 7.48. The van der Waals surface area contributed by atoms with E-state index < -0.39 is 6.36 Å². The Morgan fingerprint density at radius 1 is 0.967 bits per heavy atom. The molecule has 1 saturated heterocycles. The Kier molecular flexibility index (Phi) is 6.14. The van der Waals surface area contributed by atoms with E-state index in [1.165, 1.54) is 23.9 Å². The molecule has 10 heteroatoms. The normalized spacial score (nSPS) is 14.7. The summed E-state index contributed by atoms with van der Waals surface area (Å²) in [6.07, 6.45) is -4.70. The van der Waals surface area contributed by atoms with Gasteiger partial charge in [-0.15, -0.1) is 23.4 Å². The van der Waals surface area contributed by atoms with Crippen molar-refractivity contribution in [3.63, 3.8) is 0 Å². The van der Waals surface area contributed by atoms with E-state index in [0.29, 0.717) is 24.1 Å². The van der Waals surface area contributed by atoms with Gasteiger partial charge < -0.3 is 14.4 Å². The van der Waals surface area contributed by atoms with Crippen molar-refractivity contribution in [1.82, 2.24) is 14.8 Å². The van der Waals surface area contributed by atoms with Crippen molar-refractivity contribution >= 4 is 17.7 Å². The molecule has 0 saturated carbocycles. The summed E-state index contributed by atoms with van der Waals surface area (Å²) in [6.45, 7) is 2.74. The molecule has 1 fully saturated rings. The summed E-state index contributed by atoms with van der Waals surface area (Å²) in [5.74, 6) is 1.04. The van der Waals surface area contributed by atoms with Crippen LogP contribution in [0.3, 0.4) is 0 Å². The van der Waals surface area contributed by atoms with Gasteiger partial charge >= 0.3 is 6.36 Å². The first kappa shape index (κ1) is 20.5. The van der Waals surface area contributed by atoms with E-state index in [0.717, 1.165) is 30.3 Å². The maximum absolute atomic E-state index is 12.3. The number of halogens is 3. The first-order chi connectivity index (χ1) is 14.5. The molecular weight excluding hydrogens is 417 g/mol. The minimum absolute atomic E-state index is 0.238. The molecule has 0 aliphatic carbocycles. The van der Waals surface area contributed by atoms with Crippen molar-refractivity contribution in [3.05, 3.63) is 60.2 Å². The van der Waals surface area contributed by atoms with Crippen molar-refractivity contribution in [1.29, 1.82) is 0 Å². The van der Waals surface area contributed by atoms with E-state index in [4.69, 9.17) is 4.74 Å². The number of ether oxygens (including phenoxy) is 2. The number of hydrogen-bond donors (Lipinski definition) is 0. The van der Waals surface area contributed by atoms with Gasteiger partial charge in [0.05, 0.1) is 18.9 Å². The Labute approximate surface area is 175 Å². The van der Waals surface area contributed by atoms with Crippen LogP contribution >= 0.6 is 11.8 Å². The second kappa shape index (κ2) is 8.97. The van der Waals surface area contributed by atoms with Gasteiger partial charge in [0.1, 0.15) is 5.75 Å². The van der Waals surface area contributed by atoms with E-state index >= 15 is 0 Å². The Morgan fingerprint density at radius 3 is 2.33 bits per heavy atom. The molecule has 0 bridgehead atoms. The number of rotatable bonds is 6. The van der Waals surface area contributed by atoms with E-state index in [1.807, 2.05) is 34.9 Å². The highest BCUT2D eigenvalue weighted by Gasteiger charge is 2.31. The molecule has 6 nitrogen and oxygen atoms in total. The van der Waals surface area contributed by atoms with Crippen molar-refractivity contribution in [2.24, 2.45) is 0 Å². The fourth-order valence-electron chi connectivity index (χ4n) is 3.06. The minimum Gasteiger partial charge on any atom is -0.406 e.